The van der Waals surface area contributed by atoms with E-state index in [0.29, 0.717) is 30.3 Å². The van der Waals surface area contributed by atoms with E-state index >= 15 is 0 Å². The fraction of sp³-hybridized carbons (Fsp3) is 0.294. The van der Waals surface area contributed by atoms with Crippen LogP contribution in [0.25, 0.3) is 0 Å². The van der Waals surface area contributed by atoms with Crippen LogP contribution in [0.2, 0.25) is 0 Å². The number of hydrogen-bond acceptors (Lipinski definition) is 3. The Balaban J connectivity index is 1.44. The van der Waals surface area contributed by atoms with Crippen molar-refractivity contribution >= 4 is 23.3 Å². The molecule has 0 bridgehead atoms. The molecule has 1 aliphatic rings. The molecule has 120 valence electrons. The number of benzene rings is 1. The van der Waals surface area contributed by atoms with Gasteiger partial charge in [-0.05, 0) is 49.2 Å². The quantitative estimate of drug-likeness (QED) is 0.766. The second-order valence-corrected chi connectivity index (χ2v) is 5.58. The maximum absolute atomic E-state index is 11.9. The molecule has 1 saturated carbocycles. The van der Waals surface area contributed by atoms with Crippen LogP contribution in [0.1, 0.15) is 25.0 Å². The van der Waals surface area contributed by atoms with Crippen molar-refractivity contribution in [1.29, 1.82) is 0 Å². The SMILES string of the molecule is O=C(CCc1ccco1)Nc1ccc(NC(=O)NC2CC2)cc1. The standard InChI is InChI=1S/C17H19N3O3/c21-16(10-9-15-2-1-11-23-15)18-12-3-5-13(6-4-12)19-17(22)20-14-7-8-14/h1-6,11,14H,7-10H2,(H,18,21)(H2,19,20,22). The van der Waals surface area contributed by atoms with E-state index in [1.54, 1.807) is 36.6 Å². The molecule has 0 unspecified atom stereocenters. The molecule has 1 heterocycles. The molecular formula is C17H19N3O3. The zero-order valence-electron chi connectivity index (χ0n) is 12.7. The summed E-state index contributed by atoms with van der Waals surface area (Å²) in [5.41, 5.74) is 1.39. The monoisotopic (exact) mass is 313 g/mol. The molecule has 3 amide bonds. The van der Waals surface area contributed by atoms with Gasteiger partial charge >= 0.3 is 6.03 Å². The average molecular weight is 313 g/mol. The first-order valence-electron chi connectivity index (χ1n) is 7.69. The molecule has 1 aromatic heterocycles. The Morgan fingerprint density at radius 1 is 1.04 bits per heavy atom. The van der Waals surface area contributed by atoms with E-state index in [-0.39, 0.29) is 11.9 Å². The van der Waals surface area contributed by atoms with Gasteiger partial charge in [-0.15, -0.1) is 0 Å². The first-order chi connectivity index (χ1) is 11.2. The number of carbonyl (C=O) groups excluding carboxylic acids is 2. The van der Waals surface area contributed by atoms with Gasteiger partial charge in [-0.1, -0.05) is 0 Å². The third kappa shape index (κ3) is 4.88. The third-order valence-corrected chi connectivity index (χ3v) is 3.52. The molecular weight excluding hydrogens is 294 g/mol. The molecule has 6 heteroatoms. The van der Waals surface area contributed by atoms with Crippen LogP contribution in [-0.4, -0.2) is 18.0 Å². The number of amides is 3. The Kier molecular flexibility index (Phi) is 4.61. The predicted molar refractivity (Wildman–Crippen MR) is 87.3 cm³/mol. The molecule has 1 aliphatic carbocycles. The fourth-order valence-corrected chi connectivity index (χ4v) is 2.13. The van der Waals surface area contributed by atoms with Gasteiger partial charge in [-0.25, -0.2) is 4.79 Å². The zero-order chi connectivity index (χ0) is 16.1. The van der Waals surface area contributed by atoms with Gasteiger partial charge in [0, 0.05) is 30.3 Å². The summed E-state index contributed by atoms with van der Waals surface area (Å²) in [5.74, 6) is 0.718. The Hall–Kier alpha value is -2.76. The number of rotatable bonds is 6. The molecule has 3 N–H and O–H groups in total. The highest BCUT2D eigenvalue weighted by Crippen LogP contribution is 2.19. The highest BCUT2D eigenvalue weighted by molar-refractivity contribution is 5.92. The van der Waals surface area contributed by atoms with Crippen LogP contribution in [-0.2, 0) is 11.2 Å². The average Bonchev–Trinajstić information content (AvgIpc) is 3.18. The summed E-state index contributed by atoms with van der Waals surface area (Å²) in [6.07, 6.45) is 4.63. The van der Waals surface area contributed by atoms with Crippen LogP contribution >= 0.6 is 0 Å². The predicted octanol–water partition coefficient (Wildman–Crippen LogP) is 3.13. The zero-order valence-corrected chi connectivity index (χ0v) is 12.7. The van der Waals surface area contributed by atoms with Crippen molar-refractivity contribution in [3.05, 3.63) is 48.4 Å². The summed E-state index contributed by atoms with van der Waals surface area (Å²) in [5, 5.41) is 8.43. The minimum atomic E-state index is -0.192. The van der Waals surface area contributed by atoms with E-state index in [2.05, 4.69) is 16.0 Å². The summed E-state index contributed by atoms with van der Waals surface area (Å²) in [6.45, 7) is 0. The molecule has 0 spiro atoms. The van der Waals surface area contributed by atoms with Crippen molar-refractivity contribution < 1.29 is 14.0 Å². The molecule has 0 radical (unpaired) electrons. The lowest BCUT2D eigenvalue weighted by Gasteiger charge is -2.08. The van der Waals surface area contributed by atoms with Crippen molar-refractivity contribution in [1.82, 2.24) is 5.32 Å². The number of nitrogens with one attached hydrogen (secondary N) is 3. The van der Waals surface area contributed by atoms with Crippen molar-refractivity contribution in [2.75, 3.05) is 10.6 Å². The van der Waals surface area contributed by atoms with E-state index in [9.17, 15) is 9.59 Å². The topological polar surface area (TPSA) is 83.4 Å². The lowest BCUT2D eigenvalue weighted by molar-refractivity contribution is -0.116. The van der Waals surface area contributed by atoms with Gasteiger partial charge in [0.2, 0.25) is 5.91 Å². The largest absolute Gasteiger partial charge is 0.469 e. The van der Waals surface area contributed by atoms with Crippen LogP contribution in [0.3, 0.4) is 0 Å². The van der Waals surface area contributed by atoms with Crippen LogP contribution in [0, 0.1) is 0 Å². The Morgan fingerprint density at radius 3 is 2.35 bits per heavy atom. The molecule has 1 fully saturated rings. The van der Waals surface area contributed by atoms with Crippen molar-refractivity contribution in [2.45, 2.75) is 31.7 Å². The smallest absolute Gasteiger partial charge is 0.319 e. The Labute approximate surface area is 134 Å². The van der Waals surface area contributed by atoms with Gasteiger partial charge in [0.15, 0.2) is 0 Å². The molecule has 0 aliphatic heterocycles. The van der Waals surface area contributed by atoms with Crippen molar-refractivity contribution in [3.63, 3.8) is 0 Å². The Bertz CT molecular complexity index is 661. The summed E-state index contributed by atoms with van der Waals surface area (Å²) in [4.78, 5) is 23.5. The van der Waals surface area contributed by atoms with E-state index in [1.165, 1.54) is 0 Å². The van der Waals surface area contributed by atoms with Crippen LogP contribution in [0.15, 0.2) is 47.1 Å². The maximum atomic E-state index is 11.9. The van der Waals surface area contributed by atoms with Crippen LogP contribution < -0.4 is 16.0 Å². The highest BCUT2D eigenvalue weighted by Gasteiger charge is 2.23. The van der Waals surface area contributed by atoms with Gasteiger partial charge in [-0.3, -0.25) is 4.79 Å². The summed E-state index contributed by atoms with van der Waals surface area (Å²) in [6, 6.07) is 10.8. The number of aryl methyl sites for hydroxylation is 1. The van der Waals surface area contributed by atoms with Crippen LogP contribution in [0.4, 0.5) is 16.2 Å². The summed E-state index contributed by atoms with van der Waals surface area (Å²) in [7, 11) is 0. The molecule has 0 saturated heterocycles. The number of furan rings is 1. The van der Waals surface area contributed by atoms with Crippen LogP contribution in [0.5, 0.6) is 0 Å². The van der Waals surface area contributed by atoms with E-state index in [1.807, 2.05) is 6.07 Å². The van der Waals surface area contributed by atoms with Gasteiger partial charge in [0.25, 0.3) is 0 Å². The number of urea groups is 1. The summed E-state index contributed by atoms with van der Waals surface area (Å²) >= 11 is 0. The first-order valence-corrected chi connectivity index (χ1v) is 7.69. The molecule has 23 heavy (non-hydrogen) atoms. The molecule has 0 atom stereocenters. The Morgan fingerprint density at radius 2 is 1.74 bits per heavy atom. The van der Waals surface area contributed by atoms with Gasteiger partial charge in [-0.2, -0.15) is 0 Å². The molecule has 1 aromatic carbocycles. The highest BCUT2D eigenvalue weighted by atomic mass is 16.3. The molecule has 6 nitrogen and oxygen atoms in total. The second-order valence-electron chi connectivity index (χ2n) is 5.58. The maximum Gasteiger partial charge on any atom is 0.319 e. The van der Waals surface area contributed by atoms with E-state index in [4.69, 9.17) is 4.42 Å². The fourth-order valence-electron chi connectivity index (χ4n) is 2.13. The molecule has 3 rings (SSSR count). The lowest BCUT2D eigenvalue weighted by atomic mass is 10.2. The minimum Gasteiger partial charge on any atom is -0.469 e. The number of hydrogen-bond donors (Lipinski definition) is 3. The molecule has 2 aromatic rings. The number of anilines is 2. The van der Waals surface area contributed by atoms with E-state index in [0.717, 1.165) is 18.6 Å². The second kappa shape index (κ2) is 7.00. The summed E-state index contributed by atoms with van der Waals surface area (Å²) < 4.78 is 5.19. The normalized spacial score (nSPS) is 13.4. The van der Waals surface area contributed by atoms with Gasteiger partial charge in [0.05, 0.1) is 6.26 Å². The first kappa shape index (κ1) is 15.1. The third-order valence-electron chi connectivity index (χ3n) is 3.52. The minimum absolute atomic E-state index is 0.0754. The van der Waals surface area contributed by atoms with Gasteiger partial charge in [0.1, 0.15) is 5.76 Å². The van der Waals surface area contributed by atoms with Crippen molar-refractivity contribution in [2.24, 2.45) is 0 Å². The lowest BCUT2D eigenvalue weighted by Crippen LogP contribution is -2.30. The number of carbonyl (C=O) groups is 2. The van der Waals surface area contributed by atoms with E-state index < -0.39 is 0 Å². The van der Waals surface area contributed by atoms with Gasteiger partial charge < -0.3 is 20.4 Å². The van der Waals surface area contributed by atoms with Crippen molar-refractivity contribution in [3.8, 4) is 0 Å².